The molecule has 0 radical (unpaired) electrons. The van der Waals surface area contributed by atoms with Crippen molar-refractivity contribution in [1.29, 1.82) is 0 Å². The monoisotopic (exact) mass is 281 g/mol. The second-order valence-electron chi connectivity index (χ2n) is 6.03. The average molecular weight is 281 g/mol. The molecule has 1 saturated heterocycles. The highest BCUT2D eigenvalue weighted by Crippen LogP contribution is 2.43. The SMILES string of the molecule is Cc1cccc(C(N)C2(c3ccccc3)CCOCC2)c1. The van der Waals surface area contributed by atoms with E-state index in [9.17, 15) is 0 Å². The summed E-state index contributed by atoms with van der Waals surface area (Å²) in [4.78, 5) is 0. The summed E-state index contributed by atoms with van der Waals surface area (Å²) in [5.74, 6) is 0. The van der Waals surface area contributed by atoms with Gasteiger partial charge in [-0.2, -0.15) is 0 Å². The third-order valence-corrected chi connectivity index (χ3v) is 4.73. The summed E-state index contributed by atoms with van der Waals surface area (Å²) in [5.41, 5.74) is 10.6. The summed E-state index contributed by atoms with van der Waals surface area (Å²) in [6.07, 6.45) is 1.96. The van der Waals surface area contributed by atoms with Crippen LogP contribution >= 0.6 is 0 Å². The molecule has 2 N–H and O–H groups in total. The molecule has 3 rings (SSSR count). The molecular weight excluding hydrogens is 258 g/mol. The molecule has 0 spiro atoms. The Labute approximate surface area is 126 Å². The second kappa shape index (κ2) is 6.00. The standard InChI is InChI=1S/C19H23NO/c1-15-6-5-7-16(14-15)18(20)19(10-12-21-13-11-19)17-8-3-2-4-9-17/h2-9,14,18H,10-13,20H2,1H3. The maximum Gasteiger partial charge on any atom is 0.0475 e. The lowest BCUT2D eigenvalue weighted by molar-refractivity contribution is 0.0398. The summed E-state index contributed by atoms with van der Waals surface area (Å²) < 4.78 is 5.60. The first kappa shape index (κ1) is 14.3. The van der Waals surface area contributed by atoms with Crippen LogP contribution in [0.15, 0.2) is 54.6 Å². The van der Waals surface area contributed by atoms with E-state index in [-0.39, 0.29) is 11.5 Å². The maximum atomic E-state index is 6.75. The third kappa shape index (κ3) is 2.74. The van der Waals surface area contributed by atoms with Crippen LogP contribution in [-0.2, 0) is 10.2 Å². The molecule has 2 aromatic rings. The quantitative estimate of drug-likeness (QED) is 0.930. The van der Waals surface area contributed by atoms with E-state index in [4.69, 9.17) is 10.5 Å². The molecule has 1 aliphatic rings. The Bertz CT molecular complexity index is 588. The fraction of sp³-hybridized carbons (Fsp3) is 0.368. The molecule has 0 amide bonds. The van der Waals surface area contributed by atoms with E-state index in [0.717, 1.165) is 26.1 Å². The van der Waals surface area contributed by atoms with Crippen molar-refractivity contribution < 1.29 is 4.74 Å². The van der Waals surface area contributed by atoms with Crippen molar-refractivity contribution in [2.45, 2.75) is 31.2 Å². The van der Waals surface area contributed by atoms with Gasteiger partial charge < -0.3 is 10.5 Å². The maximum absolute atomic E-state index is 6.75. The van der Waals surface area contributed by atoms with Crippen molar-refractivity contribution in [2.24, 2.45) is 5.73 Å². The van der Waals surface area contributed by atoms with Crippen LogP contribution in [0.5, 0.6) is 0 Å². The van der Waals surface area contributed by atoms with Crippen molar-refractivity contribution in [3.8, 4) is 0 Å². The summed E-state index contributed by atoms with van der Waals surface area (Å²) in [6, 6.07) is 19.3. The summed E-state index contributed by atoms with van der Waals surface area (Å²) in [5, 5.41) is 0. The molecule has 0 aromatic heterocycles. The Morgan fingerprint density at radius 3 is 2.38 bits per heavy atom. The Morgan fingerprint density at radius 2 is 1.71 bits per heavy atom. The summed E-state index contributed by atoms with van der Waals surface area (Å²) in [6.45, 7) is 3.69. The molecule has 0 saturated carbocycles. The normalized spacial score (nSPS) is 19.1. The molecule has 1 fully saturated rings. The molecule has 2 aromatic carbocycles. The van der Waals surface area contributed by atoms with Crippen LogP contribution in [0.1, 0.15) is 35.6 Å². The van der Waals surface area contributed by atoms with E-state index in [2.05, 4.69) is 61.5 Å². The first-order valence-corrected chi connectivity index (χ1v) is 7.68. The molecule has 21 heavy (non-hydrogen) atoms. The van der Waals surface area contributed by atoms with Gasteiger partial charge >= 0.3 is 0 Å². The molecule has 2 nitrogen and oxygen atoms in total. The minimum atomic E-state index is -0.0205. The number of aryl methyl sites for hydroxylation is 1. The molecule has 0 aliphatic carbocycles. The van der Waals surface area contributed by atoms with Crippen molar-refractivity contribution in [1.82, 2.24) is 0 Å². The predicted molar refractivity (Wildman–Crippen MR) is 86.3 cm³/mol. The van der Waals surface area contributed by atoms with Gasteiger partial charge in [0.1, 0.15) is 0 Å². The highest BCUT2D eigenvalue weighted by atomic mass is 16.5. The zero-order valence-electron chi connectivity index (χ0n) is 12.6. The molecule has 110 valence electrons. The second-order valence-corrected chi connectivity index (χ2v) is 6.03. The fourth-order valence-corrected chi connectivity index (χ4v) is 3.47. The highest BCUT2D eigenvalue weighted by Gasteiger charge is 2.40. The number of ether oxygens (including phenoxy) is 1. The van der Waals surface area contributed by atoms with E-state index in [1.165, 1.54) is 16.7 Å². The summed E-state index contributed by atoms with van der Waals surface area (Å²) in [7, 11) is 0. The van der Waals surface area contributed by atoms with Gasteiger partial charge in [0.15, 0.2) is 0 Å². The predicted octanol–water partition coefficient (Wildman–Crippen LogP) is 3.74. The lowest BCUT2D eigenvalue weighted by Gasteiger charge is -2.42. The molecular formula is C19H23NO. The molecule has 1 unspecified atom stereocenters. The van der Waals surface area contributed by atoms with Gasteiger partial charge in [-0.15, -0.1) is 0 Å². The van der Waals surface area contributed by atoms with Gasteiger partial charge in [0.05, 0.1) is 0 Å². The van der Waals surface area contributed by atoms with Gasteiger partial charge in [0.25, 0.3) is 0 Å². The lowest BCUT2D eigenvalue weighted by atomic mass is 9.67. The largest absolute Gasteiger partial charge is 0.381 e. The summed E-state index contributed by atoms with van der Waals surface area (Å²) >= 11 is 0. The van der Waals surface area contributed by atoms with Gasteiger partial charge in [-0.05, 0) is 30.9 Å². The number of hydrogen-bond donors (Lipinski definition) is 1. The topological polar surface area (TPSA) is 35.2 Å². The van der Waals surface area contributed by atoms with Crippen molar-refractivity contribution in [3.05, 3.63) is 71.3 Å². The first-order chi connectivity index (χ1) is 10.2. The zero-order valence-corrected chi connectivity index (χ0v) is 12.6. The van der Waals surface area contributed by atoms with E-state index in [1.54, 1.807) is 0 Å². The molecule has 1 heterocycles. The fourth-order valence-electron chi connectivity index (χ4n) is 3.47. The van der Waals surface area contributed by atoms with Crippen LogP contribution in [0.4, 0.5) is 0 Å². The smallest absolute Gasteiger partial charge is 0.0475 e. The number of hydrogen-bond acceptors (Lipinski definition) is 2. The van der Waals surface area contributed by atoms with Crippen LogP contribution in [0.25, 0.3) is 0 Å². The Morgan fingerprint density at radius 1 is 1.00 bits per heavy atom. The Kier molecular flexibility index (Phi) is 4.09. The first-order valence-electron chi connectivity index (χ1n) is 7.68. The van der Waals surface area contributed by atoms with Crippen LogP contribution < -0.4 is 5.73 Å². The van der Waals surface area contributed by atoms with E-state index >= 15 is 0 Å². The van der Waals surface area contributed by atoms with Gasteiger partial charge in [-0.1, -0.05) is 60.2 Å². The van der Waals surface area contributed by atoms with Crippen molar-refractivity contribution in [3.63, 3.8) is 0 Å². The van der Waals surface area contributed by atoms with Crippen molar-refractivity contribution >= 4 is 0 Å². The molecule has 0 bridgehead atoms. The molecule has 1 aliphatic heterocycles. The van der Waals surface area contributed by atoms with E-state index < -0.39 is 0 Å². The average Bonchev–Trinajstić information content (AvgIpc) is 2.55. The van der Waals surface area contributed by atoms with Crippen molar-refractivity contribution in [2.75, 3.05) is 13.2 Å². The number of rotatable bonds is 3. The van der Waals surface area contributed by atoms with Crippen LogP contribution in [0.2, 0.25) is 0 Å². The molecule has 1 atom stereocenters. The van der Waals surface area contributed by atoms with E-state index in [0.29, 0.717) is 0 Å². The van der Waals surface area contributed by atoms with E-state index in [1.807, 2.05) is 0 Å². The Balaban J connectivity index is 2.03. The lowest BCUT2D eigenvalue weighted by Crippen LogP contribution is -2.43. The van der Waals surface area contributed by atoms with Gasteiger partial charge in [-0.3, -0.25) is 0 Å². The third-order valence-electron chi connectivity index (χ3n) is 4.73. The van der Waals surface area contributed by atoms with Crippen LogP contribution in [0, 0.1) is 6.92 Å². The van der Waals surface area contributed by atoms with Gasteiger partial charge in [0.2, 0.25) is 0 Å². The van der Waals surface area contributed by atoms with Gasteiger partial charge in [0, 0.05) is 24.7 Å². The highest BCUT2D eigenvalue weighted by molar-refractivity contribution is 5.35. The molecule has 2 heteroatoms. The minimum Gasteiger partial charge on any atom is -0.381 e. The number of nitrogens with two attached hydrogens (primary N) is 1. The van der Waals surface area contributed by atoms with Crippen LogP contribution in [0.3, 0.4) is 0 Å². The minimum absolute atomic E-state index is 0.00343. The van der Waals surface area contributed by atoms with Gasteiger partial charge in [-0.25, -0.2) is 0 Å². The number of benzene rings is 2. The van der Waals surface area contributed by atoms with Crippen LogP contribution in [-0.4, -0.2) is 13.2 Å². The Hall–Kier alpha value is -1.64. The zero-order chi connectivity index (χ0) is 14.7.